The van der Waals surface area contributed by atoms with Crippen molar-refractivity contribution in [1.29, 1.82) is 0 Å². The van der Waals surface area contributed by atoms with Crippen LogP contribution < -0.4 is 9.80 Å². The third-order valence-electron chi connectivity index (χ3n) is 6.08. The molecule has 201 valence electrons. The number of benzene rings is 3. The number of hydrogen-bond acceptors (Lipinski definition) is 5. The Hall–Kier alpha value is -2.76. The number of anilines is 2. The fraction of sp³-hybridized carbons (Fsp3) is 0.276. The summed E-state index contributed by atoms with van der Waals surface area (Å²) in [5, 5.41) is 19.6. The van der Waals surface area contributed by atoms with Gasteiger partial charge in [-0.1, -0.05) is 35.4 Å². The normalized spacial score (nSPS) is 13.1. The van der Waals surface area contributed by atoms with Crippen LogP contribution in [0.2, 0.25) is 0 Å². The van der Waals surface area contributed by atoms with Crippen molar-refractivity contribution in [3.05, 3.63) is 106 Å². The summed E-state index contributed by atoms with van der Waals surface area (Å²) in [4.78, 5) is 14.7. The zero-order valence-electron chi connectivity index (χ0n) is 22.4. The number of nitro benzene ring substituents is 1. The van der Waals surface area contributed by atoms with Crippen LogP contribution in [0.1, 0.15) is 38.9 Å². The summed E-state index contributed by atoms with van der Waals surface area (Å²) in [7, 11) is 5.49. The van der Waals surface area contributed by atoms with Gasteiger partial charge in [0.2, 0.25) is 0 Å². The van der Waals surface area contributed by atoms with E-state index in [2.05, 4.69) is 82.3 Å². The average molecular weight is 610 g/mol. The first kappa shape index (κ1) is 30.5. The van der Waals surface area contributed by atoms with E-state index in [1.165, 1.54) is 63.0 Å². The minimum absolute atomic E-state index is 0. The number of halogens is 1. The largest absolute Gasteiger partial charge is 0.358 e. The molecule has 0 aliphatic carbocycles. The Morgan fingerprint density at radius 2 is 1.32 bits per heavy atom. The molecule has 0 saturated carbocycles. The van der Waals surface area contributed by atoms with E-state index in [4.69, 9.17) is 9.69 Å². The van der Waals surface area contributed by atoms with E-state index in [1.807, 2.05) is 0 Å². The van der Waals surface area contributed by atoms with E-state index < -0.39 is 20.6 Å². The van der Waals surface area contributed by atoms with Gasteiger partial charge < -0.3 is 17.2 Å². The monoisotopic (exact) mass is 610 g/mol. The van der Waals surface area contributed by atoms with Gasteiger partial charge in [-0.3, -0.25) is 0 Å². The summed E-state index contributed by atoms with van der Waals surface area (Å²) >= 11 is -0.500. The SMILES string of the molecule is Cc1cc(C)c(N2[CH-]N(c3c(C)cc(C)cc3C)CC2)c(C)c1.O=[N+]([O-])c1ccc(O)c([CH]=[Ru][Cl])c1.[CH3-]. The van der Waals surface area contributed by atoms with Crippen LogP contribution in [-0.4, -0.2) is 27.7 Å². The number of aryl methyl sites for hydroxylation is 6. The molecule has 0 bridgehead atoms. The third kappa shape index (κ3) is 7.39. The Morgan fingerprint density at radius 1 is 0.892 bits per heavy atom. The predicted molar refractivity (Wildman–Crippen MR) is 152 cm³/mol. The number of nitro groups is 1. The van der Waals surface area contributed by atoms with Gasteiger partial charge in [0, 0.05) is 24.5 Å². The van der Waals surface area contributed by atoms with Crippen LogP contribution in [0.5, 0.6) is 5.75 Å². The van der Waals surface area contributed by atoms with Gasteiger partial charge in [-0.05, 0) is 63.8 Å². The van der Waals surface area contributed by atoms with E-state index in [9.17, 15) is 15.2 Å². The van der Waals surface area contributed by atoms with Gasteiger partial charge in [0.1, 0.15) is 0 Å². The van der Waals surface area contributed by atoms with Crippen molar-refractivity contribution < 1.29 is 25.7 Å². The molecular formula is C29H35ClN3O3Ru-2. The molecule has 37 heavy (non-hydrogen) atoms. The Kier molecular flexibility index (Phi) is 10.8. The smallest absolute Gasteiger partial charge is 0.358 e. The van der Waals surface area contributed by atoms with E-state index in [0.29, 0.717) is 5.56 Å². The first-order chi connectivity index (χ1) is 17.0. The molecule has 6 nitrogen and oxygen atoms in total. The standard InChI is InChI=1S/C21H27N2.C7H5NO3.CH3.ClH.Ru/c1-14-9-16(3)20(17(4)10-14)22-7-8-23(13-22)21-18(5)11-15(2)12-19(21)6;1-5-4-6(8(10)11)2-3-7(5)9;;;/h9-13H,7-8H2,1-6H3;1-4,9H;1H3;1H;/q-1;;-1;;+1/p-1. The van der Waals surface area contributed by atoms with Crippen molar-refractivity contribution in [2.24, 2.45) is 0 Å². The molecule has 8 heteroatoms. The molecule has 0 unspecified atom stereocenters. The molecule has 1 fully saturated rings. The maximum Gasteiger partial charge on any atom is -0.358 e. The zero-order chi connectivity index (χ0) is 26.6. The molecule has 0 aromatic heterocycles. The van der Waals surface area contributed by atoms with Crippen LogP contribution in [-0.2, 0) is 15.7 Å². The molecule has 4 rings (SSSR count). The van der Waals surface area contributed by atoms with E-state index >= 15 is 0 Å². The van der Waals surface area contributed by atoms with Gasteiger partial charge in [0.05, 0.1) is 0 Å². The molecule has 3 aromatic carbocycles. The average Bonchev–Trinajstić information content (AvgIpc) is 3.23. The fourth-order valence-corrected chi connectivity index (χ4v) is 5.97. The van der Waals surface area contributed by atoms with Crippen LogP contribution in [0, 0.1) is 65.8 Å². The van der Waals surface area contributed by atoms with Crippen LogP contribution in [0.25, 0.3) is 0 Å². The molecule has 1 N–H and O–H groups in total. The topological polar surface area (TPSA) is 69.9 Å². The number of non-ortho nitro benzene ring substituents is 1. The van der Waals surface area contributed by atoms with Gasteiger partial charge >= 0.3 is 85.3 Å². The molecule has 1 aliphatic heterocycles. The first-order valence-corrected chi connectivity index (χ1v) is 14.8. The first-order valence-electron chi connectivity index (χ1n) is 11.6. The Morgan fingerprint density at radius 3 is 1.70 bits per heavy atom. The fourth-order valence-electron chi connectivity index (χ4n) is 4.87. The van der Waals surface area contributed by atoms with Crippen molar-refractivity contribution in [3.8, 4) is 5.75 Å². The van der Waals surface area contributed by atoms with E-state index in [0.717, 1.165) is 13.1 Å². The second-order valence-corrected chi connectivity index (χ2v) is 11.0. The molecule has 0 amide bonds. The van der Waals surface area contributed by atoms with Gasteiger partial charge in [-0.15, -0.1) is 0 Å². The number of nitrogens with zero attached hydrogens (tertiary/aromatic N) is 3. The van der Waals surface area contributed by atoms with Crippen molar-refractivity contribution >= 4 is 31.4 Å². The van der Waals surface area contributed by atoms with Gasteiger partial charge in [0.15, 0.2) is 0 Å². The quantitative estimate of drug-likeness (QED) is 0.148. The summed E-state index contributed by atoms with van der Waals surface area (Å²) in [6, 6.07) is 12.9. The molecule has 1 saturated heterocycles. The molecule has 1 aliphatic rings. The number of phenolic OH excluding ortho intramolecular Hbond substituents is 1. The molecule has 0 spiro atoms. The van der Waals surface area contributed by atoms with Crippen molar-refractivity contribution in [2.75, 3.05) is 22.9 Å². The van der Waals surface area contributed by atoms with Crippen LogP contribution >= 0.6 is 9.69 Å². The summed E-state index contributed by atoms with van der Waals surface area (Å²) in [5.74, 6) is 0.0144. The van der Waals surface area contributed by atoms with Crippen molar-refractivity contribution in [1.82, 2.24) is 0 Å². The Labute approximate surface area is 232 Å². The van der Waals surface area contributed by atoms with Crippen LogP contribution in [0.4, 0.5) is 17.1 Å². The molecule has 1 heterocycles. The summed E-state index contributed by atoms with van der Waals surface area (Å²) < 4.78 is 1.59. The number of rotatable bonds is 4. The number of aromatic hydroxyl groups is 1. The third-order valence-corrected chi connectivity index (χ3v) is 7.26. The number of phenols is 1. The molecule has 3 aromatic rings. The van der Waals surface area contributed by atoms with Crippen molar-refractivity contribution in [3.63, 3.8) is 0 Å². The second kappa shape index (κ2) is 13.2. The van der Waals surface area contributed by atoms with Crippen LogP contribution in [0.15, 0.2) is 42.5 Å². The van der Waals surface area contributed by atoms with Gasteiger partial charge in [0.25, 0.3) is 0 Å². The zero-order valence-corrected chi connectivity index (χ0v) is 24.9. The van der Waals surface area contributed by atoms with E-state index in [-0.39, 0.29) is 18.9 Å². The Balaban J connectivity index is 0.000000295. The number of hydrogen-bond donors (Lipinski definition) is 1. The maximum atomic E-state index is 10.4. The summed E-state index contributed by atoms with van der Waals surface area (Å²) in [6.07, 6.45) is 0. The predicted octanol–water partition coefficient (Wildman–Crippen LogP) is 7.12. The van der Waals surface area contributed by atoms with Gasteiger partial charge in [-0.2, -0.15) is 6.67 Å². The Bertz CT molecular complexity index is 1200. The molecular weight excluding hydrogens is 575 g/mol. The second-order valence-electron chi connectivity index (χ2n) is 9.18. The van der Waals surface area contributed by atoms with Crippen molar-refractivity contribution in [2.45, 2.75) is 41.5 Å². The van der Waals surface area contributed by atoms with E-state index in [1.54, 1.807) is 4.61 Å². The van der Waals surface area contributed by atoms with Gasteiger partial charge in [-0.25, -0.2) is 0 Å². The maximum absolute atomic E-state index is 10.4. The summed E-state index contributed by atoms with van der Waals surface area (Å²) in [6.45, 7) is 17.6. The molecule has 0 radical (unpaired) electrons. The minimum Gasteiger partial charge on any atom is -0.358 e. The van der Waals surface area contributed by atoms with Crippen LogP contribution in [0.3, 0.4) is 0 Å². The summed E-state index contributed by atoms with van der Waals surface area (Å²) in [5.41, 5.74) is 11.2. The minimum atomic E-state index is -0.513. The molecule has 0 atom stereocenters.